The molecular weight excluding hydrogens is 529 g/mol. The van der Waals surface area contributed by atoms with Gasteiger partial charge in [0.1, 0.15) is 18.2 Å². The van der Waals surface area contributed by atoms with Crippen molar-refractivity contribution in [1.29, 1.82) is 5.26 Å². The summed E-state index contributed by atoms with van der Waals surface area (Å²) in [7, 11) is 3.36. The number of hydrogen-bond acceptors (Lipinski definition) is 5. The van der Waals surface area contributed by atoms with Crippen molar-refractivity contribution in [3.05, 3.63) is 124 Å². The van der Waals surface area contributed by atoms with Gasteiger partial charge in [-0.2, -0.15) is 5.26 Å². The molecule has 0 saturated carbocycles. The molecule has 2 aliphatic heterocycles. The highest BCUT2D eigenvalue weighted by Gasteiger charge is 2.41. The first-order valence-corrected chi connectivity index (χ1v) is 14.1. The third-order valence-corrected chi connectivity index (χ3v) is 8.64. The Hall–Kier alpha value is -4.80. The van der Waals surface area contributed by atoms with Gasteiger partial charge in [-0.05, 0) is 95.3 Å². The van der Waals surface area contributed by atoms with Gasteiger partial charge in [0.15, 0.2) is 11.5 Å². The number of rotatable bonds is 6. The highest BCUT2D eigenvalue weighted by atomic mass is 19.1. The van der Waals surface area contributed by atoms with Gasteiger partial charge in [0, 0.05) is 29.2 Å². The number of nitriles is 1. The largest absolute Gasteiger partial charge is 0.497 e. The van der Waals surface area contributed by atoms with Crippen molar-refractivity contribution in [3.8, 4) is 23.3 Å². The number of H-pyrrole nitrogens is 1. The van der Waals surface area contributed by atoms with E-state index in [9.17, 15) is 4.39 Å². The van der Waals surface area contributed by atoms with Crippen molar-refractivity contribution in [2.45, 2.75) is 31.5 Å². The summed E-state index contributed by atoms with van der Waals surface area (Å²) in [5, 5.41) is 10.3. The molecule has 0 radical (unpaired) electrons. The lowest BCUT2D eigenvalue weighted by molar-refractivity contribution is 0.127. The lowest BCUT2D eigenvalue weighted by Gasteiger charge is -2.46. The Bertz CT molecular complexity index is 1820. The van der Waals surface area contributed by atoms with Crippen LogP contribution in [0.3, 0.4) is 0 Å². The van der Waals surface area contributed by atoms with Crippen molar-refractivity contribution in [2.75, 3.05) is 20.8 Å². The normalized spacial score (nSPS) is 17.6. The summed E-state index contributed by atoms with van der Waals surface area (Å²) in [5.74, 6) is 1.97. The van der Waals surface area contributed by atoms with Gasteiger partial charge in [0.05, 0.1) is 31.9 Å². The number of nitrogens with one attached hydrogen (secondary N) is 1. The van der Waals surface area contributed by atoms with Gasteiger partial charge >= 0.3 is 0 Å². The zero-order valence-corrected chi connectivity index (χ0v) is 23.5. The summed E-state index contributed by atoms with van der Waals surface area (Å²) in [6.07, 6.45) is 1.67. The summed E-state index contributed by atoms with van der Waals surface area (Å²) < 4.78 is 31.7. The second-order valence-electron chi connectivity index (χ2n) is 10.9. The van der Waals surface area contributed by atoms with Crippen molar-refractivity contribution in [1.82, 2.24) is 9.88 Å². The topological polar surface area (TPSA) is 70.5 Å². The number of aromatic amines is 1. The zero-order chi connectivity index (χ0) is 28.8. The van der Waals surface area contributed by atoms with Crippen LogP contribution in [-0.4, -0.2) is 30.6 Å². The maximum absolute atomic E-state index is 14.0. The van der Waals surface area contributed by atoms with E-state index in [0.717, 1.165) is 52.9 Å². The van der Waals surface area contributed by atoms with E-state index in [2.05, 4.69) is 40.2 Å². The summed E-state index contributed by atoms with van der Waals surface area (Å²) in [4.78, 5) is 6.24. The fourth-order valence-corrected chi connectivity index (χ4v) is 6.56. The summed E-state index contributed by atoms with van der Waals surface area (Å²) in [6, 6.07) is 26.9. The minimum absolute atomic E-state index is 0.0592. The number of aromatic nitrogens is 1. The third kappa shape index (κ3) is 4.45. The highest BCUT2D eigenvalue weighted by molar-refractivity contribution is 5.87. The Morgan fingerprint density at radius 1 is 0.952 bits per heavy atom. The number of hydrogen-bond donors (Lipinski definition) is 1. The van der Waals surface area contributed by atoms with Gasteiger partial charge in [-0.1, -0.05) is 24.3 Å². The van der Waals surface area contributed by atoms with Crippen LogP contribution in [0.1, 0.15) is 51.2 Å². The third-order valence-electron chi connectivity index (χ3n) is 8.64. The van der Waals surface area contributed by atoms with Gasteiger partial charge in [-0.3, -0.25) is 4.90 Å². The Kier molecular flexibility index (Phi) is 6.56. The van der Waals surface area contributed by atoms with E-state index in [1.807, 2.05) is 30.3 Å². The SMILES string of the molecule is COc1ccc2[nH]c3c(c2c1)CC1c2cc(OCc4ccc(C#N)cc4)c(OC)cc2CCN1C3c1ccc(F)cc1. The molecule has 2 aliphatic rings. The summed E-state index contributed by atoms with van der Waals surface area (Å²) in [5.41, 5.74) is 8.57. The van der Waals surface area contributed by atoms with E-state index >= 15 is 0 Å². The number of ether oxygens (including phenoxy) is 3. The van der Waals surface area contributed by atoms with Gasteiger partial charge < -0.3 is 19.2 Å². The van der Waals surface area contributed by atoms with E-state index < -0.39 is 0 Å². The van der Waals surface area contributed by atoms with E-state index in [-0.39, 0.29) is 17.9 Å². The molecule has 0 aliphatic carbocycles. The van der Waals surface area contributed by atoms with Crippen molar-refractivity contribution < 1.29 is 18.6 Å². The molecule has 42 heavy (non-hydrogen) atoms. The molecule has 7 rings (SSSR count). The van der Waals surface area contributed by atoms with Crippen LogP contribution in [0.25, 0.3) is 10.9 Å². The molecule has 2 atom stereocenters. The average molecular weight is 560 g/mol. The molecule has 0 saturated heterocycles. The maximum atomic E-state index is 14.0. The van der Waals surface area contributed by atoms with E-state index in [4.69, 9.17) is 19.5 Å². The Morgan fingerprint density at radius 3 is 2.50 bits per heavy atom. The van der Waals surface area contributed by atoms with Crippen molar-refractivity contribution >= 4 is 10.9 Å². The first kappa shape index (κ1) is 26.1. The Morgan fingerprint density at radius 2 is 1.76 bits per heavy atom. The predicted molar refractivity (Wildman–Crippen MR) is 158 cm³/mol. The molecule has 0 fully saturated rings. The molecule has 5 aromatic rings. The fourth-order valence-electron chi connectivity index (χ4n) is 6.56. The van der Waals surface area contributed by atoms with Crippen LogP contribution in [0, 0.1) is 17.1 Å². The van der Waals surface area contributed by atoms with Crippen molar-refractivity contribution in [3.63, 3.8) is 0 Å². The lowest BCUT2D eigenvalue weighted by atomic mass is 9.80. The van der Waals surface area contributed by atoms with Crippen molar-refractivity contribution in [2.24, 2.45) is 0 Å². The minimum atomic E-state index is -0.243. The second-order valence-corrected chi connectivity index (χ2v) is 10.9. The van der Waals surface area contributed by atoms with E-state index in [1.165, 1.54) is 16.7 Å². The summed E-state index contributed by atoms with van der Waals surface area (Å²) in [6.45, 7) is 1.21. The quantitative estimate of drug-likeness (QED) is 0.242. The number of halogens is 1. The van der Waals surface area contributed by atoms with Crippen LogP contribution < -0.4 is 14.2 Å². The van der Waals surface area contributed by atoms with Crippen LogP contribution in [0.4, 0.5) is 4.39 Å². The average Bonchev–Trinajstić information content (AvgIpc) is 3.40. The first-order chi connectivity index (χ1) is 20.6. The molecular formula is C35H30FN3O3. The standard InChI is InChI=1S/C35H30FN3O3/c1-40-26-11-12-30-28(16-26)29-17-31-27-18-33(42-20-22-5-3-21(19-37)4-6-22)32(41-2)15-24(27)13-14-39(31)35(34(29)38-30)23-7-9-25(36)10-8-23/h3-12,15-16,18,31,35,38H,13-14,17,20H2,1-2H3. The molecule has 1 aromatic heterocycles. The fraction of sp³-hybridized carbons (Fsp3) is 0.229. The molecule has 3 heterocycles. The van der Waals surface area contributed by atoms with Crippen LogP contribution in [0.15, 0.2) is 78.9 Å². The van der Waals surface area contributed by atoms with E-state index in [0.29, 0.717) is 23.7 Å². The molecule has 210 valence electrons. The molecule has 0 bridgehead atoms. The monoisotopic (exact) mass is 559 g/mol. The molecule has 7 heteroatoms. The van der Waals surface area contributed by atoms with Gasteiger partial charge in [-0.25, -0.2) is 4.39 Å². The van der Waals surface area contributed by atoms with Crippen LogP contribution in [0.2, 0.25) is 0 Å². The second kappa shape index (κ2) is 10.6. The molecule has 4 aromatic carbocycles. The maximum Gasteiger partial charge on any atom is 0.162 e. The molecule has 1 N–H and O–H groups in total. The van der Waals surface area contributed by atoms with Crippen LogP contribution >= 0.6 is 0 Å². The highest BCUT2D eigenvalue weighted by Crippen LogP contribution is 2.50. The molecule has 6 nitrogen and oxygen atoms in total. The summed E-state index contributed by atoms with van der Waals surface area (Å²) >= 11 is 0. The lowest BCUT2D eigenvalue weighted by Crippen LogP contribution is -2.43. The number of nitrogens with zero attached hydrogens (tertiary/aromatic N) is 2. The Balaban J connectivity index is 1.32. The van der Waals surface area contributed by atoms with Crippen LogP contribution in [-0.2, 0) is 19.4 Å². The zero-order valence-electron chi connectivity index (χ0n) is 23.5. The Labute approximate surface area is 243 Å². The molecule has 2 unspecified atom stereocenters. The van der Waals surface area contributed by atoms with Gasteiger partial charge in [-0.15, -0.1) is 0 Å². The number of benzene rings is 4. The van der Waals surface area contributed by atoms with E-state index in [1.54, 1.807) is 38.5 Å². The van der Waals surface area contributed by atoms with Gasteiger partial charge in [0.2, 0.25) is 0 Å². The predicted octanol–water partition coefficient (Wildman–Crippen LogP) is 7.02. The number of fused-ring (bicyclic) bond motifs is 6. The molecule has 0 amide bonds. The smallest absolute Gasteiger partial charge is 0.162 e. The minimum Gasteiger partial charge on any atom is -0.497 e. The molecule has 0 spiro atoms. The van der Waals surface area contributed by atoms with Crippen LogP contribution in [0.5, 0.6) is 17.2 Å². The number of methoxy groups -OCH3 is 2. The van der Waals surface area contributed by atoms with Gasteiger partial charge in [0.25, 0.3) is 0 Å². The first-order valence-electron chi connectivity index (χ1n) is 14.1.